The van der Waals surface area contributed by atoms with Crippen molar-refractivity contribution in [1.82, 2.24) is 66.1 Å². The van der Waals surface area contributed by atoms with Gasteiger partial charge in [0.25, 0.3) is 29.5 Å². The summed E-state index contributed by atoms with van der Waals surface area (Å²) in [5.74, 6) is -8.43. The number of benzene rings is 1. The molecule has 566 valence electrons. The van der Waals surface area contributed by atoms with E-state index in [9.17, 15) is 39.1 Å². The quantitative estimate of drug-likeness (QED) is 0.0256. The normalized spacial score (nSPS) is 23.1. The molecule has 6 amide bonds. The number of cyclic esters (lactones) is 2. The van der Waals surface area contributed by atoms with Gasteiger partial charge in [0.15, 0.2) is 18.1 Å². The molecule has 0 saturated carbocycles. The number of allylic oxidation sites excluding steroid dienone is 1. The Kier molecular flexibility index (Phi) is 23.0. The van der Waals surface area contributed by atoms with Crippen molar-refractivity contribution >= 4 is 128 Å². The maximum Gasteiger partial charge on any atom is 0.370 e. The summed E-state index contributed by atoms with van der Waals surface area (Å²) in [6.45, 7) is 10.6. The number of aromatic hydroxyl groups is 1. The highest BCUT2D eigenvalue weighted by Crippen LogP contribution is 2.48. The van der Waals surface area contributed by atoms with Crippen LogP contribution in [0, 0.1) is 0 Å². The lowest BCUT2D eigenvalue weighted by Crippen LogP contribution is -2.62. The Bertz CT molecular complexity index is 4920. The first-order valence-electron chi connectivity index (χ1n) is 32.8. The fraction of sp³-hybridized carbons (Fsp3) is 0.394. The maximum atomic E-state index is 15.7. The van der Waals surface area contributed by atoms with Crippen LogP contribution in [-0.4, -0.2) is 198 Å². The number of nitrogens with zero attached hydrogens (tertiary/aromatic N) is 8. The number of carbonyl (C=O) groups excluding carboxylic acids is 8. The van der Waals surface area contributed by atoms with Crippen LogP contribution in [0.25, 0.3) is 49.3 Å². The third-order valence-corrected chi connectivity index (χ3v) is 23.5. The summed E-state index contributed by atoms with van der Waals surface area (Å²) >= 11 is 4.40. The second-order valence-corrected chi connectivity index (χ2v) is 31.4. The van der Waals surface area contributed by atoms with Crippen molar-refractivity contribution in [1.29, 1.82) is 0 Å². The van der Waals surface area contributed by atoms with Gasteiger partial charge in [0, 0.05) is 49.8 Å². The average molecular weight is 1590 g/mol. The summed E-state index contributed by atoms with van der Waals surface area (Å²) in [6.07, 6.45) is -8.57. The number of esters is 2. The molecule has 4 aliphatic rings. The molecule has 10 atom stereocenters. The van der Waals surface area contributed by atoms with Crippen molar-refractivity contribution in [2.45, 2.75) is 122 Å². The number of amides is 6. The van der Waals surface area contributed by atoms with E-state index < -0.39 is 159 Å². The minimum absolute atomic E-state index is 0.00929. The number of aromatic nitrogens is 7. The first kappa shape index (κ1) is 77.2. The van der Waals surface area contributed by atoms with E-state index in [-0.39, 0.29) is 124 Å². The van der Waals surface area contributed by atoms with Gasteiger partial charge in [-0.15, -0.1) is 56.7 Å². The van der Waals surface area contributed by atoms with Gasteiger partial charge in [-0.25, -0.2) is 39.5 Å². The molecular formula is C66H71N14O21PS5. The van der Waals surface area contributed by atoms with E-state index >= 15 is 19.2 Å². The van der Waals surface area contributed by atoms with Crippen LogP contribution in [0.2, 0.25) is 0 Å². The number of methoxy groups -OCH3 is 1. The zero-order valence-corrected chi connectivity index (χ0v) is 63.4. The lowest BCUT2D eigenvalue weighted by molar-refractivity contribution is -0.280. The molecule has 1 saturated heterocycles. The fourth-order valence-electron chi connectivity index (χ4n) is 12.5. The Balaban J connectivity index is 1.07. The molecule has 11 heterocycles. The van der Waals surface area contributed by atoms with Crippen LogP contribution in [0.15, 0.2) is 69.2 Å². The van der Waals surface area contributed by atoms with Crippen molar-refractivity contribution in [3.63, 3.8) is 0 Å². The summed E-state index contributed by atoms with van der Waals surface area (Å²) in [7, 11) is 0.690. The van der Waals surface area contributed by atoms with Crippen LogP contribution < -0.4 is 37.2 Å². The van der Waals surface area contributed by atoms with Gasteiger partial charge >= 0.3 is 19.5 Å². The summed E-state index contributed by atoms with van der Waals surface area (Å²) < 4.78 is 65.0. The zero-order chi connectivity index (χ0) is 76.7. The Morgan fingerprint density at radius 3 is 2.21 bits per heavy atom. The Labute approximate surface area is 628 Å². The molecule has 12 rings (SSSR count). The number of fused-ring (bicyclic) bond motifs is 15. The zero-order valence-electron chi connectivity index (χ0n) is 58.4. The van der Waals surface area contributed by atoms with E-state index in [1.165, 1.54) is 53.9 Å². The van der Waals surface area contributed by atoms with Crippen molar-refractivity contribution in [2.75, 3.05) is 47.4 Å². The van der Waals surface area contributed by atoms with E-state index in [2.05, 4.69) is 48.1 Å². The number of hydrogen-bond donors (Lipinski definition) is 9. The molecule has 0 spiro atoms. The minimum Gasteiger partial charge on any atom is -0.506 e. The van der Waals surface area contributed by atoms with Crippen LogP contribution in [0.3, 0.4) is 0 Å². The Morgan fingerprint density at radius 1 is 0.860 bits per heavy atom. The molecular weight excluding hydrogens is 1520 g/mol. The van der Waals surface area contributed by atoms with E-state index in [4.69, 9.17) is 63.0 Å². The van der Waals surface area contributed by atoms with E-state index in [1.54, 1.807) is 64.9 Å². The highest BCUT2D eigenvalue weighted by Gasteiger charge is 2.50. The number of hydrogen-bond acceptors (Lipinski definition) is 33. The van der Waals surface area contributed by atoms with Crippen molar-refractivity contribution in [3.05, 3.63) is 124 Å². The molecule has 0 aliphatic carbocycles. The largest absolute Gasteiger partial charge is 0.506 e. The molecule has 12 bridgehead atoms. The SMILES string of the molecule is C=C(NC(=O)c1csc(-c2nc3c(cc2O)-c2nc(cs2)C(=O)NC(C(C)O)C(=O)N/C(=C(\C)OC)c2nc(cs2)C(=O)NC2c4nc(cs4)C(=O)NC(COC(=O)c4c5c6c(cccc6n4OCP(=O)(OCC)OCC)COC(=O)C(OC4CC(C)(O)C(N(C)C)C(C)O4)C2OC5)c2nc-3cs2)n1)C(N)=O. The number of rotatable bonds is 16. The number of aliphatic hydroxyl groups excluding tert-OH is 1. The maximum absolute atomic E-state index is 15.7. The highest BCUT2D eigenvalue weighted by molar-refractivity contribution is 7.53. The number of pyridine rings is 1. The smallest absolute Gasteiger partial charge is 0.370 e. The topological polar surface area (TPSA) is 469 Å². The number of carbonyl (C=O) groups is 8. The van der Waals surface area contributed by atoms with E-state index in [0.29, 0.717) is 0 Å². The molecule has 10 N–H and O–H groups in total. The van der Waals surface area contributed by atoms with Gasteiger partial charge in [-0.3, -0.25) is 33.3 Å². The van der Waals surface area contributed by atoms with Crippen LogP contribution in [0.1, 0.15) is 139 Å². The van der Waals surface area contributed by atoms with Crippen LogP contribution in [-0.2, 0) is 69.6 Å². The predicted molar refractivity (Wildman–Crippen MR) is 385 cm³/mol. The summed E-state index contributed by atoms with van der Waals surface area (Å²) in [4.78, 5) is 152. The molecule has 4 aliphatic heterocycles. The number of nitrogens with one attached hydrogen (secondary N) is 5. The van der Waals surface area contributed by atoms with Gasteiger partial charge in [-0.1, -0.05) is 18.7 Å². The number of nitrogens with two attached hydrogens (primary N) is 1. The summed E-state index contributed by atoms with van der Waals surface area (Å²) in [5.41, 5.74) is 1.94. The summed E-state index contributed by atoms with van der Waals surface area (Å²) in [5, 5.41) is 55.5. The van der Waals surface area contributed by atoms with Crippen molar-refractivity contribution in [2.24, 2.45) is 5.73 Å². The van der Waals surface area contributed by atoms with Gasteiger partial charge in [-0.05, 0) is 73.3 Å². The molecule has 10 unspecified atom stereocenters. The van der Waals surface area contributed by atoms with Gasteiger partial charge in [0.1, 0.15) is 120 Å². The second kappa shape index (κ2) is 31.8. The number of likely N-dealkylation sites (N-methyl/N-ethyl adjacent to an activating group) is 1. The van der Waals surface area contributed by atoms with Gasteiger partial charge in [0.2, 0.25) is 12.3 Å². The van der Waals surface area contributed by atoms with Crippen LogP contribution in [0.4, 0.5) is 0 Å². The lowest BCUT2D eigenvalue weighted by atomic mass is 9.85. The molecule has 41 heteroatoms. The monoisotopic (exact) mass is 1590 g/mol. The molecule has 7 aromatic heterocycles. The van der Waals surface area contributed by atoms with Crippen LogP contribution >= 0.6 is 64.3 Å². The molecule has 1 fully saturated rings. The van der Waals surface area contributed by atoms with Gasteiger partial charge in [-0.2, -0.15) is 4.73 Å². The lowest BCUT2D eigenvalue weighted by Gasteiger charge is -2.48. The molecule has 0 radical (unpaired) electrons. The Morgan fingerprint density at radius 2 is 1.51 bits per heavy atom. The van der Waals surface area contributed by atoms with Gasteiger partial charge < -0.3 is 94.8 Å². The second-order valence-electron chi connectivity index (χ2n) is 25.0. The first-order chi connectivity index (χ1) is 51.0. The number of aliphatic hydroxyl groups is 2. The van der Waals surface area contributed by atoms with E-state index in [0.717, 1.165) is 61.4 Å². The predicted octanol–water partition coefficient (Wildman–Crippen LogP) is 5.31. The molecule has 8 aromatic rings. The molecule has 1 aromatic carbocycles. The standard InChI is InChI=1S/C66H71N14O21PS5/c1-11-98-102(92,99-12-2)26-97-80-40-15-13-14-31-18-95-65(90)51(101-42-17-66(7,91)52(79(8)9)30(6)100-42)50-48-63-74-37(24-107-63)55(85)69-34(20-96-64(89)49(80)33(19-94-50)43(31)40)60-70-35(21-104-60)46-32(16-41(82)47(75-46)62-73-36(23-106-62)54(84)68-27(3)53(67)83)59-71-38(22-103-59)56(86)76-44(28(4)81)58(88)77-45(29(5)93-10)61-72-39(25-105-61)57(87)78-48/h13-16,21-25,28,30,34,42,44,48,50-52,81-82,91H,3,11-12,17-20,26H2,1-2,4-10H3,(H2,67,83)(H,68,84)(H,69,85)(H,76,86)(H,77,88)(H,78,87)/b45-29+. The molecule has 107 heavy (non-hydrogen) atoms. The number of primary amides is 1. The van der Waals surface area contributed by atoms with Gasteiger partial charge in [0.05, 0.1) is 62.0 Å². The third-order valence-electron chi connectivity index (χ3n) is 17.3. The molecule has 35 nitrogen and oxygen atoms in total. The van der Waals surface area contributed by atoms with Crippen molar-refractivity contribution < 1.29 is 101 Å². The fourth-order valence-corrected chi connectivity index (χ4v) is 17.9. The number of thiazole rings is 5. The average Bonchev–Trinajstić information content (AvgIpc) is 1.61. The minimum atomic E-state index is -4.13. The van der Waals surface area contributed by atoms with Crippen molar-refractivity contribution in [3.8, 4) is 38.4 Å². The Hall–Kier alpha value is -9.39. The van der Waals surface area contributed by atoms with Crippen LogP contribution in [0.5, 0.6) is 5.75 Å². The highest BCUT2D eigenvalue weighted by atomic mass is 32.1. The first-order valence-corrected chi connectivity index (χ1v) is 38.9. The summed E-state index contributed by atoms with van der Waals surface area (Å²) in [6, 6.07) is 0.565. The number of ether oxygens (including phenoxy) is 6. The van der Waals surface area contributed by atoms with E-state index in [1.807, 2.05) is 0 Å². The third kappa shape index (κ3) is 16.1.